The van der Waals surface area contributed by atoms with Crippen LogP contribution in [0.25, 0.3) is 55.8 Å². The minimum absolute atomic E-state index is 0.0808. The molecule has 0 amide bonds. The van der Waals surface area contributed by atoms with Gasteiger partial charge in [-0.25, -0.2) is 18.7 Å². The molecule has 196 valence electrons. The highest BCUT2D eigenvalue weighted by Gasteiger charge is 2.37. The van der Waals surface area contributed by atoms with Gasteiger partial charge in [0, 0.05) is 42.4 Å². The maximum Gasteiger partial charge on any atom is 0.261 e. The number of halogens is 2. The lowest BCUT2D eigenvalue weighted by Crippen LogP contribution is -2.24. The van der Waals surface area contributed by atoms with Crippen LogP contribution in [-0.2, 0) is 13.0 Å². The summed E-state index contributed by atoms with van der Waals surface area (Å²) in [4.78, 5) is 14.8. The first-order chi connectivity index (χ1) is 19.0. The van der Waals surface area contributed by atoms with E-state index in [1.165, 1.54) is 0 Å². The number of likely N-dealkylation sites (tertiary alicyclic amines) is 1. The van der Waals surface area contributed by atoms with Gasteiger partial charge in [0.15, 0.2) is 11.5 Å². The average molecular weight is 525 g/mol. The van der Waals surface area contributed by atoms with Crippen molar-refractivity contribution in [3.05, 3.63) is 78.4 Å². The number of aromatic nitrogens is 5. The highest BCUT2D eigenvalue weighted by molar-refractivity contribution is 5.97. The number of hydrogen-bond donors (Lipinski definition) is 2. The first-order valence-electron chi connectivity index (χ1n) is 13.0. The van der Waals surface area contributed by atoms with Gasteiger partial charge < -0.3 is 9.40 Å². The standard InChI is InChI=1S/C30H26F2N6O/c1-2-18-10-19(15-38-8-7-30(31,32)17-38)12-21(11-18)22-13-24-27(36-37-28(24)33-14-22)29-34-25-5-3-4-23(26(25)35-29)20-6-9-39-16-20/h3-6,9-14,16H,2,7-8,15,17H2,1H3,(H,34,35)(H,33,36,37). The summed E-state index contributed by atoms with van der Waals surface area (Å²) in [5.74, 6) is -1.94. The second-order valence-corrected chi connectivity index (χ2v) is 10.2. The van der Waals surface area contributed by atoms with Gasteiger partial charge in [0.25, 0.3) is 5.92 Å². The predicted octanol–water partition coefficient (Wildman–Crippen LogP) is 6.83. The Morgan fingerprint density at radius 1 is 1.05 bits per heavy atom. The van der Waals surface area contributed by atoms with Gasteiger partial charge in [-0.3, -0.25) is 10.00 Å². The van der Waals surface area contributed by atoms with E-state index in [0.717, 1.165) is 61.9 Å². The van der Waals surface area contributed by atoms with E-state index >= 15 is 0 Å². The third-order valence-corrected chi connectivity index (χ3v) is 7.44. The summed E-state index contributed by atoms with van der Waals surface area (Å²) < 4.78 is 32.8. The molecule has 0 unspecified atom stereocenters. The molecule has 7 rings (SSSR count). The van der Waals surface area contributed by atoms with Crippen LogP contribution in [0.15, 0.2) is 71.7 Å². The van der Waals surface area contributed by atoms with Crippen molar-refractivity contribution in [2.75, 3.05) is 13.1 Å². The molecule has 2 N–H and O–H groups in total. The number of benzene rings is 2. The van der Waals surface area contributed by atoms with Gasteiger partial charge in [0.05, 0.1) is 35.5 Å². The molecule has 0 aliphatic carbocycles. The lowest BCUT2D eigenvalue weighted by Gasteiger charge is -2.17. The van der Waals surface area contributed by atoms with Crippen molar-refractivity contribution in [1.82, 2.24) is 30.0 Å². The van der Waals surface area contributed by atoms with Crippen molar-refractivity contribution >= 4 is 22.1 Å². The molecule has 2 aromatic carbocycles. The fourth-order valence-corrected chi connectivity index (χ4v) is 5.46. The Kier molecular flexibility index (Phi) is 5.55. The number of furan rings is 1. The van der Waals surface area contributed by atoms with E-state index in [-0.39, 0.29) is 13.0 Å². The molecule has 0 atom stereocenters. The Bertz CT molecular complexity index is 1800. The Balaban J connectivity index is 1.27. The Morgan fingerprint density at radius 2 is 1.95 bits per heavy atom. The van der Waals surface area contributed by atoms with Crippen LogP contribution in [0.1, 0.15) is 24.5 Å². The summed E-state index contributed by atoms with van der Waals surface area (Å²) in [5, 5.41) is 8.37. The zero-order valence-corrected chi connectivity index (χ0v) is 21.3. The number of hydrogen-bond acceptors (Lipinski definition) is 5. The monoisotopic (exact) mass is 524 g/mol. The van der Waals surface area contributed by atoms with E-state index in [1.54, 1.807) is 12.5 Å². The average Bonchev–Trinajstić information content (AvgIpc) is 3.73. The maximum atomic E-state index is 13.8. The van der Waals surface area contributed by atoms with Crippen LogP contribution in [0.3, 0.4) is 0 Å². The molecule has 6 aromatic rings. The van der Waals surface area contributed by atoms with Crippen molar-refractivity contribution in [3.8, 4) is 33.8 Å². The van der Waals surface area contributed by atoms with Crippen LogP contribution in [0.2, 0.25) is 0 Å². The molecular weight excluding hydrogens is 498 g/mol. The van der Waals surface area contributed by atoms with E-state index in [1.807, 2.05) is 35.4 Å². The third-order valence-electron chi connectivity index (χ3n) is 7.44. The van der Waals surface area contributed by atoms with Crippen LogP contribution >= 0.6 is 0 Å². The smallest absolute Gasteiger partial charge is 0.261 e. The molecule has 0 bridgehead atoms. The summed E-state index contributed by atoms with van der Waals surface area (Å²) in [6.45, 7) is 2.82. The largest absolute Gasteiger partial charge is 0.472 e. The normalized spacial score (nSPS) is 15.6. The Hall–Kier alpha value is -4.37. The molecule has 39 heavy (non-hydrogen) atoms. The van der Waals surface area contributed by atoms with Crippen LogP contribution in [0.4, 0.5) is 8.78 Å². The van der Waals surface area contributed by atoms with Gasteiger partial charge in [0.2, 0.25) is 0 Å². The molecule has 4 aromatic heterocycles. The number of aromatic amines is 2. The van der Waals surface area contributed by atoms with Crippen LogP contribution in [-0.4, -0.2) is 49.1 Å². The number of pyridine rings is 1. The fraction of sp³-hybridized carbons (Fsp3) is 0.233. The summed E-state index contributed by atoms with van der Waals surface area (Å²) in [6, 6.07) is 16.3. The van der Waals surface area contributed by atoms with E-state index in [2.05, 4.69) is 51.4 Å². The summed E-state index contributed by atoms with van der Waals surface area (Å²) in [6.07, 6.45) is 5.94. The van der Waals surface area contributed by atoms with E-state index in [4.69, 9.17) is 9.40 Å². The van der Waals surface area contributed by atoms with Crippen LogP contribution < -0.4 is 0 Å². The molecule has 0 radical (unpaired) electrons. The van der Waals surface area contributed by atoms with Crippen LogP contribution in [0, 0.1) is 0 Å². The molecule has 1 aliphatic rings. The number of nitrogens with zero attached hydrogens (tertiary/aromatic N) is 4. The predicted molar refractivity (Wildman–Crippen MR) is 146 cm³/mol. The lowest BCUT2D eigenvalue weighted by atomic mass is 9.98. The Labute approximate surface area is 222 Å². The Morgan fingerprint density at radius 3 is 2.74 bits per heavy atom. The quantitative estimate of drug-likeness (QED) is 0.249. The van der Waals surface area contributed by atoms with Crippen LogP contribution in [0.5, 0.6) is 0 Å². The third kappa shape index (κ3) is 4.38. The fourth-order valence-electron chi connectivity index (χ4n) is 5.46. The molecule has 0 spiro atoms. The molecule has 1 saturated heterocycles. The molecule has 1 aliphatic heterocycles. The minimum Gasteiger partial charge on any atom is -0.472 e. The number of imidazole rings is 1. The first kappa shape index (κ1) is 23.7. The zero-order chi connectivity index (χ0) is 26.6. The number of H-pyrrole nitrogens is 2. The maximum absolute atomic E-state index is 13.8. The zero-order valence-electron chi connectivity index (χ0n) is 21.3. The van der Waals surface area contributed by atoms with Crippen molar-refractivity contribution in [2.45, 2.75) is 32.2 Å². The highest BCUT2D eigenvalue weighted by atomic mass is 19.3. The van der Waals surface area contributed by atoms with Gasteiger partial charge in [-0.05, 0) is 47.4 Å². The number of fused-ring (bicyclic) bond motifs is 2. The topological polar surface area (TPSA) is 86.6 Å². The van der Waals surface area contributed by atoms with Crippen molar-refractivity contribution in [1.29, 1.82) is 0 Å². The second-order valence-electron chi connectivity index (χ2n) is 10.2. The molecule has 0 saturated carbocycles. The van der Waals surface area contributed by atoms with Gasteiger partial charge in [0.1, 0.15) is 5.69 Å². The van der Waals surface area contributed by atoms with Crippen molar-refractivity contribution in [3.63, 3.8) is 0 Å². The number of para-hydroxylation sites is 1. The van der Waals surface area contributed by atoms with E-state index in [9.17, 15) is 8.78 Å². The molecule has 1 fully saturated rings. The lowest BCUT2D eigenvalue weighted by molar-refractivity contribution is 0.0115. The molecule has 7 nitrogen and oxygen atoms in total. The summed E-state index contributed by atoms with van der Waals surface area (Å²) >= 11 is 0. The molecule has 9 heteroatoms. The second kappa shape index (κ2) is 9.13. The van der Waals surface area contributed by atoms with Crippen molar-refractivity contribution < 1.29 is 13.2 Å². The van der Waals surface area contributed by atoms with E-state index in [0.29, 0.717) is 24.6 Å². The minimum atomic E-state index is -2.60. The highest BCUT2D eigenvalue weighted by Crippen LogP contribution is 2.34. The number of rotatable bonds is 6. The summed E-state index contributed by atoms with van der Waals surface area (Å²) in [7, 11) is 0. The van der Waals surface area contributed by atoms with Gasteiger partial charge >= 0.3 is 0 Å². The van der Waals surface area contributed by atoms with Crippen molar-refractivity contribution in [2.24, 2.45) is 0 Å². The SMILES string of the molecule is CCc1cc(CN2CCC(F)(F)C2)cc(-c2cnc3n[nH]c(-c4nc5c(-c6ccoc6)cccc5[nH]4)c3c2)c1. The van der Waals surface area contributed by atoms with E-state index < -0.39 is 5.92 Å². The number of nitrogens with one attached hydrogen (secondary N) is 2. The molecular formula is C30H26F2N6O. The number of alkyl halides is 2. The van der Waals surface area contributed by atoms with Gasteiger partial charge in [-0.1, -0.05) is 31.2 Å². The molecule has 5 heterocycles. The summed E-state index contributed by atoms with van der Waals surface area (Å²) in [5.41, 5.74) is 9.15. The van der Waals surface area contributed by atoms with Gasteiger partial charge in [-0.15, -0.1) is 0 Å². The number of aryl methyl sites for hydroxylation is 1. The van der Waals surface area contributed by atoms with Gasteiger partial charge in [-0.2, -0.15) is 5.10 Å². The first-order valence-corrected chi connectivity index (χ1v) is 13.0.